The largest absolute Gasteiger partial charge is 0.393 e. The number of aliphatic hydroxyl groups excluding tert-OH is 1. The second kappa shape index (κ2) is 3.46. The summed E-state index contributed by atoms with van der Waals surface area (Å²) in [4.78, 5) is 14.2. The van der Waals surface area contributed by atoms with E-state index in [0.717, 1.165) is 38.8 Å². The van der Waals surface area contributed by atoms with Crippen LogP contribution in [0.5, 0.6) is 0 Å². The molecule has 84 valence electrons. The molecule has 3 heterocycles. The van der Waals surface area contributed by atoms with Crippen LogP contribution in [0, 0.1) is 5.92 Å². The van der Waals surface area contributed by atoms with E-state index in [-0.39, 0.29) is 12.0 Å². The van der Waals surface area contributed by atoms with Crippen LogP contribution < -0.4 is 5.32 Å². The molecule has 0 spiro atoms. The molecule has 15 heavy (non-hydrogen) atoms. The summed E-state index contributed by atoms with van der Waals surface area (Å²) in [5.74, 6) is 0.538. The van der Waals surface area contributed by atoms with Crippen LogP contribution in [-0.2, 0) is 4.79 Å². The van der Waals surface area contributed by atoms with E-state index in [2.05, 4.69) is 10.2 Å². The van der Waals surface area contributed by atoms with E-state index in [1.807, 2.05) is 0 Å². The molecule has 2 bridgehead atoms. The predicted octanol–water partition coefficient (Wildman–Crippen LogP) is -0.280. The summed E-state index contributed by atoms with van der Waals surface area (Å²) in [5, 5.41) is 12.8. The highest BCUT2D eigenvalue weighted by atomic mass is 16.3. The first-order valence-electron chi connectivity index (χ1n) is 5.96. The molecule has 4 heteroatoms. The molecule has 0 aliphatic carbocycles. The molecule has 4 nitrogen and oxygen atoms in total. The predicted molar refractivity (Wildman–Crippen MR) is 55.3 cm³/mol. The lowest BCUT2D eigenvalue weighted by molar-refractivity contribution is -0.143. The van der Waals surface area contributed by atoms with Gasteiger partial charge in [0.15, 0.2) is 0 Å². The number of fused-ring (bicyclic) bond motifs is 2. The fourth-order valence-electron chi connectivity index (χ4n) is 3.18. The topological polar surface area (TPSA) is 52.6 Å². The lowest BCUT2D eigenvalue weighted by atomic mass is 9.95. The van der Waals surface area contributed by atoms with E-state index in [4.69, 9.17) is 0 Å². The first kappa shape index (κ1) is 9.60. The van der Waals surface area contributed by atoms with Crippen molar-refractivity contribution in [3.05, 3.63) is 0 Å². The quantitative estimate of drug-likeness (QED) is 0.626. The first-order chi connectivity index (χ1) is 7.25. The van der Waals surface area contributed by atoms with Crippen LogP contribution in [0.1, 0.15) is 25.7 Å². The lowest BCUT2D eigenvalue weighted by Crippen LogP contribution is -2.57. The van der Waals surface area contributed by atoms with Gasteiger partial charge in [-0.15, -0.1) is 0 Å². The highest BCUT2D eigenvalue weighted by Gasteiger charge is 2.45. The maximum atomic E-state index is 12.2. The van der Waals surface area contributed by atoms with Crippen molar-refractivity contribution in [3.8, 4) is 0 Å². The Morgan fingerprint density at radius 2 is 1.80 bits per heavy atom. The number of carbonyl (C=O) groups excluding carboxylic acids is 1. The molecular weight excluding hydrogens is 192 g/mol. The van der Waals surface area contributed by atoms with Gasteiger partial charge >= 0.3 is 0 Å². The molecule has 0 aromatic heterocycles. The van der Waals surface area contributed by atoms with Crippen LogP contribution in [0.15, 0.2) is 0 Å². The van der Waals surface area contributed by atoms with Gasteiger partial charge in [0.1, 0.15) is 0 Å². The SMILES string of the molecule is O=C(C1CNC1)N1C2CCC1CC(O)C2. The molecule has 2 unspecified atom stereocenters. The Kier molecular flexibility index (Phi) is 2.21. The Balaban J connectivity index is 1.73. The zero-order valence-corrected chi connectivity index (χ0v) is 8.85. The normalized spacial score (nSPS) is 40.3. The van der Waals surface area contributed by atoms with Gasteiger partial charge in [0, 0.05) is 25.2 Å². The van der Waals surface area contributed by atoms with Gasteiger partial charge in [-0.1, -0.05) is 0 Å². The van der Waals surface area contributed by atoms with Crippen molar-refractivity contribution in [2.75, 3.05) is 13.1 Å². The van der Waals surface area contributed by atoms with Gasteiger partial charge in [0.25, 0.3) is 0 Å². The molecule has 0 aromatic carbocycles. The first-order valence-corrected chi connectivity index (χ1v) is 5.96. The third-order valence-corrected chi connectivity index (χ3v) is 4.09. The molecule has 0 radical (unpaired) electrons. The molecule has 3 aliphatic heterocycles. The summed E-state index contributed by atoms with van der Waals surface area (Å²) in [6.07, 6.45) is 3.59. The van der Waals surface area contributed by atoms with Crippen LogP contribution in [0.3, 0.4) is 0 Å². The summed E-state index contributed by atoms with van der Waals surface area (Å²) >= 11 is 0. The fourth-order valence-corrected chi connectivity index (χ4v) is 3.18. The third kappa shape index (κ3) is 1.47. The van der Waals surface area contributed by atoms with Crippen molar-refractivity contribution in [3.63, 3.8) is 0 Å². The monoisotopic (exact) mass is 210 g/mol. The molecular formula is C11H18N2O2. The van der Waals surface area contributed by atoms with E-state index in [1.165, 1.54) is 0 Å². The van der Waals surface area contributed by atoms with Gasteiger partial charge in [-0.3, -0.25) is 4.79 Å². The minimum Gasteiger partial charge on any atom is -0.393 e. The minimum atomic E-state index is -0.175. The van der Waals surface area contributed by atoms with Gasteiger partial charge in [-0.05, 0) is 25.7 Å². The Morgan fingerprint density at radius 1 is 1.20 bits per heavy atom. The summed E-state index contributed by atoms with van der Waals surface area (Å²) < 4.78 is 0. The number of amides is 1. The Morgan fingerprint density at radius 3 is 2.27 bits per heavy atom. The molecule has 3 aliphatic rings. The van der Waals surface area contributed by atoms with E-state index >= 15 is 0 Å². The Labute approximate surface area is 89.6 Å². The van der Waals surface area contributed by atoms with E-state index in [9.17, 15) is 9.90 Å². The smallest absolute Gasteiger partial charge is 0.228 e. The van der Waals surface area contributed by atoms with E-state index in [0.29, 0.717) is 18.0 Å². The van der Waals surface area contributed by atoms with Gasteiger partial charge in [0.2, 0.25) is 5.91 Å². The maximum Gasteiger partial charge on any atom is 0.228 e. The number of aliphatic hydroxyl groups is 1. The summed E-state index contributed by atoms with van der Waals surface area (Å²) in [7, 11) is 0. The highest BCUT2D eigenvalue weighted by molar-refractivity contribution is 5.81. The fraction of sp³-hybridized carbons (Fsp3) is 0.909. The number of carbonyl (C=O) groups is 1. The molecule has 2 atom stereocenters. The van der Waals surface area contributed by atoms with Crippen molar-refractivity contribution < 1.29 is 9.90 Å². The van der Waals surface area contributed by atoms with Gasteiger partial charge in [-0.25, -0.2) is 0 Å². The summed E-state index contributed by atoms with van der Waals surface area (Å²) in [5.41, 5.74) is 0. The summed E-state index contributed by atoms with van der Waals surface area (Å²) in [6.45, 7) is 1.69. The zero-order valence-electron chi connectivity index (χ0n) is 8.85. The number of nitrogens with one attached hydrogen (secondary N) is 1. The van der Waals surface area contributed by atoms with Crippen LogP contribution in [-0.4, -0.2) is 47.2 Å². The Hall–Kier alpha value is -0.610. The van der Waals surface area contributed by atoms with E-state index in [1.54, 1.807) is 0 Å². The maximum absolute atomic E-state index is 12.2. The average molecular weight is 210 g/mol. The standard InChI is InChI=1S/C11H18N2O2/c14-10-3-8-1-2-9(4-10)13(8)11(15)7-5-12-6-7/h7-10,12,14H,1-6H2. The van der Waals surface area contributed by atoms with Crippen LogP contribution >= 0.6 is 0 Å². The second-order valence-corrected chi connectivity index (χ2v) is 5.11. The zero-order chi connectivity index (χ0) is 10.4. The number of nitrogens with zero attached hydrogens (tertiary/aromatic N) is 1. The minimum absolute atomic E-state index is 0.175. The molecule has 3 rings (SSSR count). The van der Waals surface area contributed by atoms with E-state index < -0.39 is 0 Å². The van der Waals surface area contributed by atoms with Crippen LogP contribution in [0.4, 0.5) is 0 Å². The van der Waals surface area contributed by atoms with Gasteiger partial charge in [0.05, 0.1) is 12.0 Å². The number of piperidine rings is 1. The third-order valence-electron chi connectivity index (χ3n) is 4.09. The summed E-state index contributed by atoms with van der Waals surface area (Å²) in [6, 6.07) is 0.652. The number of rotatable bonds is 1. The van der Waals surface area contributed by atoms with Crippen LogP contribution in [0.2, 0.25) is 0 Å². The van der Waals surface area contributed by atoms with Crippen LogP contribution in [0.25, 0.3) is 0 Å². The molecule has 2 N–H and O–H groups in total. The van der Waals surface area contributed by atoms with Crippen molar-refractivity contribution >= 4 is 5.91 Å². The molecule has 3 saturated heterocycles. The van der Waals surface area contributed by atoms with Crippen molar-refractivity contribution in [1.29, 1.82) is 0 Å². The average Bonchev–Trinajstić information content (AvgIpc) is 2.36. The van der Waals surface area contributed by atoms with Crippen molar-refractivity contribution in [1.82, 2.24) is 10.2 Å². The molecule has 1 amide bonds. The van der Waals surface area contributed by atoms with Gasteiger partial charge < -0.3 is 15.3 Å². The molecule has 0 aromatic rings. The number of hydrogen-bond acceptors (Lipinski definition) is 3. The second-order valence-electron chi connectivity index (χ2n) is 5.11. The van der Waals surface area contributed by atoms with Gasteiger partial charge in [-0.2, -0.15) is 0 Å². The molecule has 3 fully saturated rings. The number of hydrogen-bond donors (Lipinski definition) is 2. The van der Waals surface area contributed by atoms with Crippen molar-refractivity contribution in [2.45, 2.75) is 43.9 Å². The highest BCUT2D eigenvalue weighted by Crippen LogP contribution is 2.36. The van der Waals surface area contributed by atoms with Crippen molar-refractivity contribution in [2.24, 2.45) is 5.92 Å². The Bertz CT molecular complexity index is 264. The lowest BCUT2D eigenvalue weighted by Gasteiger charge is -2.41. The molecule has 0 saturated carbocycles.